The summed E-state index contributed by atoms with van der Waals surface area (Å²) < 4.78 is 29.8. The Kier molecular flexibility index (Phi) is 16.5. The highest BCUT2D eigenvalue weighted by molar-refractivity contribution is 5.51. The normalized spacial score (nSPS) is 22.2. The molecule has 0 aromatic heterocycles. The summed E-state index contributed by atoms with van der Waals surface area (Å²) in [4.78, 5) is 2.35. The SMILES string of the molecule is CCOCCN1CCOCCC(C)C(CC(C)CC(C)(C)Oc2ccc(C=CC(C)(C)C)cc2)CCOCOCC1. The van der Waals surface area contributed by atoms with Gasteiger partial charge in [0.1, 0.15) is 18.1 Å². The lowest BCUT2D eigenvalue weighted by molar-refractivity contribution is -0.0639. The van der Waals surface area contributed by atoms with Crippen molar-refractivity contribution >= 4 is 6.08 Å². The van der Waals surface area contributed by atoms with Gasteiger partial charge in [0, 0.05) is 39.5 Å². The highest BCUT2D eigenvalue weighted by Crippen LogP contribution is 2.32. The van der Waals surface area contributed by atoms with E-state index in [0.29, 0.717) is 31.2 Å². The Morgan fingerprint density at radius 3 is 2.29 bits per heavy atom. The summed E-state index contributed by atoms with van der Waals surface area (Å²) in [7, 11) is 0. The van der Waals surface area contributed by atoms with E-state index < -0.39 is 0 Å². The van der Waals surface area contributed by atoms with Gasteiger partial charge in [0.05, 0.1) is 19.8 Å². The third kappa shape index (κ3) is 16.7. The van der Waals surface area contributed by atoms with Gasteiger partial charge in [-0.15, -0.1) is 0 Å². The maximum absolute atomic E-state index is 6.48. The molecule has 6 nitrogen and oxygen atoms in total. The van der Waals surface area contributed by atoms with Crippen molar-refractivity contribution in [2.24, 2.45) is 23.2 Å². The van der Waals surface area contributed by atoms with Crippen molar-refractivity contribution in [1.29, 1.82) is 0 Å². The number of ether oxygens (including phenoxy) is 5. The Morgan fingerprint density at radius 1 is 0.951 bits per heavy atom. The van der Waals surface area contributed by atoms with Crippen molar-refractivity contribution in [3.63, 3.8) is 0 Å². The van der Waals surface area contributed by atoms with Crippen LogP contribution >= 0.6 is 0 Å². The largest absolute Gasteiger partial charge is 0.488 e. The second-order valence-corrected chi connectivity index (χ2v) is 13.6. The molecule has 0 aliphatic carbocycles. The van der Waals surface area contributed by atoms with Crippen LogP contribution in [0, 0.1) is 23.2 Å². The van der Waals surface area contributed by atoms with Crippen molar-refractivity contribution in [3.8, 4) is 5.75 Å². The van der Waals surface area contributed by atoms with Gasteiger partial charge < -0.3 is 23.7 Å². The summed E-state index contributed by atoms with van der Waals surface area (Å²) in [5.74, 6) is 2.61. The van der Waals surface area contributed by atoms with Crippen LogP contribution in [-0.4, -0.2) is 76.6 Å². The van der Waals surface area contributed by atoms with Crippen LogP contribution in [0.15, 0.2) is 30.3 Å². The van der Waals surface area contributed by atoms with Crippen LogP contribution in [0.2, 0.25) is 0 Å². The number of hydrogen-bond donors (Lipinski definition) is 0. The number of benzene rings is 1. The first-order valence-electron chi connectivity index (χ1n) is 16.0. The van der Waals surface area contributed by atoms with E-state index in [-0.39, 0.29) is 11.0 Å². The first-order valence-corrected chi connectivity index (χ1v) is 16.0. The molecule has 1 saturated heterocycles. The zero-order valence-corrected chi connectivity index (χ0v) is 27.6. The number of rotatable bonds is 11. The summed E-state index contributed by atoms with van der Waals surface area (Å²) in [6.45, 7) is 25.3. The third-order valence-electron chi connectivity index (χ3n) is 7.78. The second kappa shape index (κ2) is 19.0. The van der Waals surface area contributed by atoms with Gasteiger partial charge in [0.2, 0.25) is 0 Å². The average molecular weight is 576 g/mol. The molecule has 2 rings (SSSR count). The minimum Gasteiger partial charge on any atom is -0.488 e. The first-order chi connectivity index (χ1) is 19.5. The highest BCUT2D eigenvalue weighted by atomic mass is 16.7. The molecule has 41 heavy (non-hydrogen) atoms. The number of allylic oxidation sites excluding steroid dienone is 1. The van der Waals surface area contributed by atoms with Crippen LogP contribution in [-0.2, 0) is 18.9 Å². The minimum absolute atomic E-state index is 0.175. The molecule has 1 aliphatic rings. The van der Waals surface area contributed by atoms with Crippen LogP contribution in [0.5, 0.6) is 5.75 Å². The van der Waals surface area contributed by atoms with E-state index in [0.717, 1.165) is 84.1 Å². The quantitative estimate of drug-likeness (QED) is 0.252. The second-order valence-electron chi connectivity index (χ2n) is 13.6. The molecule has 0 radical (unpaired) electrons. The van der Waals surface area contributed by atoms with Crippen molar-refractivity contribution in [1.82, 2.24) is 4.90 Å². The van der Waals surface area contributed by atoms with Crippen LogP contribution in [0.3, 0.4) is 0 Å². The Bertz CT molecular complexity index is 832. The Labute approximate surface area is 252 Å². The molecule has 1 aromatic rings. The molecule has 3 unspecified atom stereocenters. The summed E-state index contributed by atoms with van der Waals surface area (Å²) in [6.07, 6.45) is 8.69. The lowest BCUT2D eigenvalue weighted by Crippen LogP contribution is -2.34. The minimum atomic E-state index is -0.243. The van der Waals surface area contributed by atoms with E-state index in [1.807, 2.05) is 6.92 Å². The van der Waals surface area contributed by atoms with Crippen molar-refractivity contribution in [2.45, 2.75) is 86.7 Å². The topological polar surface area (TPSA) is 49.4 Å². The average Bonchev–Trinajstić information content (AvgIpc) is 2.90. The molecular weight excluding hydrogens is 514 g/mol. The predicted molar refractivity (Wildman–Crippen MR) is 170 cm³/mol. The highest BCUT2D eigenvalue weighted by Gasteiger charge is 2.27. The molecular formula is C35H61NO5. The van der Waals surface area contributed by atoms with Gasteiger partial charge in [-0.3, -0.25) is 4.90 Å². The molecule has 1 fully saturated rings. The number of hydrogen-bond acceptors (Lipinski definition) is 6. The molecule has 1 heterocycles. The summed E-state index contributed by atoms with van der Waals surface area (Å²) in [6, 6.07) is 8.46. The maximum Gasteiger partial charge on any atom is 0.146 e. The standard InChI is InChI=1S/C35H61NO5/c1-9-37-23-18-36-19-24-38-21-15-30(3)32(16-22-39-28-40-25-20-36)26-29(2)27-35(7,8)41-33-12-10-31(11-13-33)14-17-34(4,5)6/h10-14,17,29-30,32H,9,15-16,18-28H2,1-8H3. The Hall–Kier alpha value is -1.44. The van der Waals surface area contributed by atoms with E-state index >= 15 is 0 Å². The first kappa shape index (κ1) is 35.8. The fourth-order valence-electron chi connectivity index (χ4n) is 5.51. The maximum atomic E-state index is 6.48. The van der Waals surface area contributed by atoms with Crippen LogP contribution < -0.4 is 4.74 Å². The zero-order valence-electron chi connectivity index (χ0n) is 27.6. The molecule has 0 saturated carbocycles. The van der Waals surface area contributed by atoms with Crippen LogP contribution in [0.4, 0.5) is 0 Å². The van der Waals surface area contributed by atoms with E-state index in [4.69, 9.17) is 23.7 Å². The van der Waals surface area contributed by atoms with E-state index in [2.05, 4.69) is 89.8 Å². The Morgan fingerprint density at radius 2 is 1.61 bits per heavy atom. The zero-order chi connectivity index (χ0) is 30.1. The molecule has 0 spiro atoms. The van der Waals surface area contributed by atoms with Gasteiger partial charge in [0.15, 0.2) is 0 Å². The fraction of sp³-hybridized carbons (Fsp3) is 0.771. The van der Waals surface area contributed by atoms with Gasteiger partial charge in [0.25, 0.3) is 0 Å². The molecule has 3 atom stereocenters. The van der Waals surface area contributed by atoms with Gasteiger partial charge >= 0.3 is 0 Å². The summed E-state index contributed by atoms with van der Waals surface area (Å²) in [5.41, 5.74) is 1.13. The summed E-state index contributed by atoms with van der Waals surface area (Å²) >= 11 is 0. The van der Waals surface area contributed by atoms with E-state index in [9.17, 15) is 0 Å². The van der Waals surface area contributed by atoms with Crippen molar-refractivity contribution in [2.75, 3.05) is 66.1 Å². The van der Waals surface area contributed by atoms with Crippen molar-refractivity contribution in [3.05, 3.63) is 35.9 Å². The van der Waals surface area contributed by atoms with E-state index in [1.54, 1.807) is 0 Å². The van der Waals surface area contributed by atoms with E-state index in [1.165, 1.54) is 5.56 Å². The van der Waals surface area contributed by atoms with Crippen LogP contribution in [0.1, 0.15) is 86.6 Å². The third-order valence-corrected chi connectivity index (χ3v) is 7.78. The molecule has 1 aromatic carbocycles. The summed E-state index contributed by atoms with van der Waals surface area (Å²) in [5, 5.41) is 0. The molecule has 1 aliphatic heterocycles. The molecule has 0 bridgehead atoms. The smallest absolute Gasteiger partial charge is 0.146 e. The lowest BCUT2D eigenvalue weighted by atomic mass is 9.79. The Balaban J connectivity index is 1.87. The van der Waals surface area contributed by atoms with Gasteiger partial charge in [-0.25, -0.2) is 0 Å². The number of nitrogens with zero attached hydrogens (tertiary/aromatic N) is 1. The lowest BCUT2D eigenvalue weighted by Gasteiger charge is -2.32. The molecule has 236 valence electrons. The van der Waals surface area contributed by atoms with Gasteiger partial charge in [-0.1, -0.05) is 58.9 Å². The van der Waals surface area contributed by atoms with Gasteiger partial charge in [-0.2, -0.15) is 0 Å². The fourth-order valence-corrected chi connectivity index (χ4v) is 5.51. The monoisotopic (exact) mass is 575 g/mol. The van der Waals surface area contributed by atoms with Crippen LogP contribution in [0.25, 0.3) is 6.08 Å². The molecule has 6 heteroatoms. The predicted octanol–water partition coefficient (Wildman–Crippen LogP) is 7.71. The molecule has 0 amide bonds. The molecule has 0 N–H and O–H groups in total. The van der Waals surface area contributed by atoms with Crippen molar-refractivity contribution < 1.29 is 23.7 Å². The van der Waals surface area contributed by atoms with Gasteiger partial charge in [-0.05, 0) is 87.3 Å².